The van der Waals surface area contributed by atoms with Gasteiger partial charge in [-0.15, -0.1) is 6.42 Å². The van der Waals surface area contributed by atoms with Crippen molar-refractivity contribution in [1.29, 1.82) is 0 Å². The highest BCUT2D eigenvalue weighted by Crippen LogP contribution is 2.39. The van der Waals surface area contributed by atoms with E-state index in [4.69, 9.17) is 11.4 Å². The molecule has 41 heavy (non-hydrogen) atoms. The summed E-state index contributed by atoms with van der Waals surface area (Å²) in [5.41, 5.74) is 0.260. The molecule has 0 aliphatic carbocycles. The number of rotatable bonds is 4. The van der Waals surface area contributed by atoms with Crippen molar-refractivity contribution in [3.63, 3.8) is 0 Å². The molecule has 0 amide bonds. The summed E-state index contributed by atoms with van der Waals surface area (Å²) in [5.74, 6) is 2.09. The van der Waals surface area contributed by atoms with Gasteiger partial charge in [-0.25, -0.2) is 18.7 Å². The van der Waals surface area contributed by atoms with Crippen molar-refractivity contribution >= 4 is 33.6 Å². The molecular weight excluding hydrogens is 522 g/mol. The highest BCUT2D eigenvalue weighted by atomic mass is 19.1. The van der Waals surface area contributed by atoms with E-state index in [2.05, 4.69) is 44.1 Å². The second-order valence-corrected chi connectivity index (χ2v) is 11.3. The summed E-state index contributed by atoms with van der Waals surface area (Å²) < 4.78 is 31.3. The van der Waals surface area contributed by atoms with Crippen molar-refractivity contribution in [2.45, 2.75) is 43.8 Å². The van der Waals surface area contributed by atoms with Gasteiger partial charge in [0, 0.05) is 48.4 Å². The standard InChI is InChI=1S/C32H30F2N6O/c1-3-23-26(33)10-6-18-13-22(41)14-24(28(18)23)30-29(34)31-25(15-35-30)32(40-16-19-7-8-20(17-40)36-19)38-27(37-31)11-9-21-5-4-12-39(21)2/h1,6,9-11,13-15,19-21,36,41H,4-5,7-8,12,16-17H2,2H3/b11-9+/t19-,20+,21?. The first-order valence-electron chi connectivity index (χ1n) is 14.1. The molecule has 2 aromatic heterocycles. The summed E-state index contributed by atoms with van der Waals surface area (Å²) in [6, 6.07) is 6.59. The second kappa shape index (κ2) is 10.1. The summed E-state index contributed by atoms with van der Waals surface area (Å²) in [5, 5.41) is 15.4. The van der Waals surface area contributed by atoms with Gasteiger partial charge in [-0.3, -0.25) is 9.88 Å². The fourth-order valence-corrected chi connectivity index (χ4v) is 6.66. The predicted molar refractivity (Wildman–Crippen MR) is 157 cm³/mol. The lowest BCUT2D eigenvalue weighted by molar-refractivity contribution is 0.358. The number of nitrogens with zero attached hydrogens (tertiary/aromatic N) is 5. The van der Waals surface area contributed by atoms with Gasteiger partial charge in [-0.05, 0) is 68.9 Å². The van der Waals surface area contributed by atoms with E-state index in [9.17, 15) is 9.50 Å². The van der Waals surface area contributed by atoms with Crippen LogP contribution in [-0.2, 0) is 0 Å². The molecule has 3 fully saturated rings. The number of aromatic nitrogens is 3. The summed E-state index contributed by atoms with van der Waals surface area (Å²) >= 11 is 0. The van der Waals surface area contributed by atoms with Gasteiger partial charge in [-0.2, -0.15) is 0 Å². The van der Waals surface area contributed by atoms with Gasteiger partial charge in [0.2, 0.25) is 0 Å². The molecule has 208 valence electrons. The quantitative estimate of drug-likeness (QED) is 0.350. The number of likely N-dealkylation sites (N-methyl/N-ethyl adjacent to an activating group) is 1. The molecule has 2 aromatic carbocycles. The fraction of sp³-hybridized carbons (Fsp3) is 0.344. The van der Waals surface area contributed by atoms with Crippen LogP contribution in [0.4, 0.5) is 14.6 Å². The molecule has 5 heterocycles. The number of nitrogens with one attached hydrogen (secondary N) is 1. The van der Waals surface area contributed by atoms with Crippen molar-refractivity contribution in [3.8, 4) is 29.4 Å². The molecule has 3 saturated heterocycles. The Morgan fingerprint density at radius 2 is 1.93 bits per heavy atom. The van der Waals surface area contributed by atoms with Crippen molar-refractivity contribution in [2.75, 3.05) is 31.6 Å². The number of phenolic OH excluding ortho intramolecular Hbond substituents is 1. The van der Waals surface area contributed by atoms with Gasteiger partial charge in [0.05, 0.1) is 10.9 Å². The molecule has 9 heteroatoms. The predicted octanol–water partition coefficient (Wildman–Crippen LogP) is 4.86. The zero-order valence-electron chi connectivity index (χ0n) is 22.7. The summed E-state index contributed by atoms with van der Waals surface area (Å²) in [4.78, 5) is 18.6. The number of fused-ring (bicyclic) bond motifs is 4. The van der Waals surface area contributed by atoms with E-state index in [1.807, 2.05) is 6.08 Å². The van der Waals surface area contributed by atoms with Crippen molar-refractivity contribution in [3.05, 3.63) is 59.6 Å². The second-order valence-electron chi connectivity index (χ2n) is 11.3. The molecule has 2 bridgehead atoms. The summed E-state index contributed by atoms with van der Waals surface area (Å²) in [7, 11) is 2.09. The van der Waals surface area contributed by atoms with Crippen LogP contribution in [0.5, 0.6) is 5.75 Å². The molecule has 0 spiro atoms. The molecule has 7 rings (SSSR count). The van der Waals surface area contributed by atoms with Gasteiger partial charge in [0.1, 0.15) is 28.6 Å². The van der Waals surface area contributed by atoms with E-state index in [1.165, 1.54) is 24.3 Å². The first kappa shape index (κ1) is 25.8. The number of hydrogen-bond donors (Lipinski definition) is 2. The van der Waals surface area contributed by atoms with Crippen LogP contribution in [0.3, 0.4) is 0 Å². The largest absolute Gasteiger partial charge is 0.508 e. The number of phenols is 1. The normalized spacial score (nSPS) is 22.8. The highest BCUT2D eigenvalue weighted by Gasteiger charge is 2.34. The average Bonchev–Trinajstić information content (AvgIpc) is 3.54. The van der Waals surface area contributed by atoms with Gasteiger partial charge >= 0.3 is 0 Å². The smallest absolute Gasteiger partial charge is 0.175 e. The first-order chi connectivity index (χ1) is 19.9. The van der Waals surface area contributed by atoms with Crippen LogP contribution in [0.15, 0.2) is 36.5 Å². The maximum absolute atomic E-state index is 16.6. The number of piperazine rings is 1. The number of halogens is 2. The third-order valence-electron chi connectivity index (χ3n) is 8.69. The lowest BCUT2D eigenvalue weighted by atomic mass is 9.96. The Bertz CT molecular complexity index is 1750. The van der Waals surface area contributed by atoms with Gasteiger partial charge in [-0.1, -0.05) is 18.1 Å². The highest BCUT2D eigenvalue weighted by molar-refractivity contribution is 6.03. The van der Waals surface area contributed by atoms with Crippen LogP contribution in [0, 0.1) is 24.0 Å². The lowest BCUT2D eigenvalue weighted by Gasteiger charge is -2.34. The Balaban J connectivity index is 1.43. The lowest BCUT2D eigenvalue weighted by Crippen LogP contribution is -2.51. The topological polar surface area (TPSA) is 77.4 Å². The van der Waals surface area contributed by atoms with Crippen LogP contribution in [-0.4, -0.2) is 69.8 Å². The number of likely N-dealkylation sites (tertiary alicyclic amines) is 1. The third-order valence-corrected chi connectivity index (χ3v) is 8.69. The van der Waals surface area contributed by atoms with E-state index in [1.54, 1.807) is 6.20 Å². The molecule has 7 nitrogen and oxygen atoms in total. The number of pyridine rings is 1. The van der Waals surface area contributed by atoms with Gasteiger partial charge in [0.15, 0.2) is 11.6 Å². The minimum Gasteiger partial charge on any atom is -0.508 e. The van der Waals surface area contributed by atoms with Gasteiger partial charge < -0.3 is 15.3 Å². The molecule has 1 unspecified atom stereocenters. The zero-order chi connectivity index (χ0) is 28.2. The van der Waals surface area contributed by atoms with E-state index >= 15 is 4.39 Å². The molecular formula is C32H30F2N6O. The molecule has 3 aliphatic heterocycles. The minimum absolute atomic E-state index is 0.0113. The third kappa shape index (κ3) is 4.48. The Morgan fingerprint density at radius 3 is 2.66 bits per heavy atom. The monoisotopic (exact) mass is 552 g/mol. The maximum Gasteiger partial charge on any atom is 0.175 e. The average molecular weight is 553 g/mol. The molecule has 4 aromatic rings. The van der Waals surface area contributed by atoms with Gasteiger partial charge in [0.25, 0.3) is 0 Å². The van der Waals surface area contributed by atoms with E-state index in [-0.39, 0.29) is 34.1 Å². The number of benzene rings is 2. The number of hydrogen-bond acceptors (Lipinski definition) is 7. The van der Waals surface area contributed by atoms with E-state index in [0.717, 1.165) is 45.3 Å². The Labute approximate surface area is 236 Å². The van der Waals surface area contributed by atoms with Crippen LogP contribution < -0.4 is 10.2 Å². The van der Waals surface area contributed by atoms with Crippen molar-refractivity contribution < 1.29 is 13.9 Å². The Morgan fingerprint density at radius 1 is 1.12 bits per heavy atom. The molecule has 0 radical (unpaired) electrons. The summed E-state index contributed by atoms with van der Waals surface area (Å²) in [6.07, 6.45) is 15.6. The number of aromatic hydroxyl groups is 1. The van der Waals surface area contributed by atoms with Crippen molar-refractivity contribution in [1.82, 2.24) is 25.2 Å². The summed E-state index contributed by atoms with van der Waals surface area (Å²) in [6.45, 7) is 2.56. The van der Waals surface area contributed by atoms with Crippen LogP contribution in [0.25, 0.3) is 39.0 Å². The molecule has 0 saturated carbocycles. The van der Waals surface area contributed by atoms with Crippen LogP contribution >= 0.6 is 0 Å². The maximum atomic E-state index is 16.6. The Kier molecular flexibility index (Phi) is 6.33. The number of anilines is 1. The van der Waals surface area contributed by atoms with E-state index < -0.39 is 11.6 Å². The van der Waals surface area contributed by atoms with Crippen molar-refractivity contribution in [2.24, 2.45) is 0 Å². The SMILES string of the molecule is C#Cc1c(F)ccc2cc(O)cc(-c3ncc4c(N5C[C@H]6CC[C@@H](C5)N6)nc(/C=C/C5CCCN5C)nc4c3F)c12. The molecule has 3 atom stereocenters. The molecule has 3 aliphatic rings. The molecule has 2 N–H and O–H groups in total. The Hall–Kier alpha value is -4.13. The first-order valence-corrected chi connectivity index (χ1v) is 14.1. The minimum atomic E-state index is -0.670. The zero-order valence-corrected chi connectivity index (χ0v) is 22.7. The van der Waals surface area contributed by atoms with Crippen LogP contribution in [0.1, 0.15) is 37.1 Å². The fourth-order valence-electron chi connectivity index (χ4n) is 6.66. The van der Waals surface area contributed by atoms with E-state index in [0.29, 0.717) is 39.9 Å². The van der Waals surface area contributed by atoms with Crippen LogP contribution in [0.2, 0.25) is 0 Å². The number of terminal acetylenes is 1.